The molecule has 0 aliphatic carbocycles. The van der Waals surface area contributed by atoms with Crippen LogP contribution in [0.25, 0.3) is 0 Å². The van der Waals surface area contributed by atoms with E-state index in [-0.39, 0.29) is 0 Å². The minimum absolute atomic E-state index is 0.456. The summed E-state index contributed by atoms with van der Waals surface area (Å²) < 4.78 is 0. The Balaban J connectivity index is 2.52. The topological polar surface area (TPSA) is 12.0 Å². The fraction of sp³-hybridized carbons (Fsp3) is 0.538. The number of hydrogen-bond donors (Lipinski definition) is 1. The van der Waals surface area contributed by atoms with Crippen molar-refractivity contribution in [2.24, 2.45) is 5.92 Å². The minimum Gasteiger partial charge on any atom is -0.310 e. The van der Waals surface area contributed by atoms with E-state index in [4.69, 9.17) is 0 Å². The molecule has 0 aromatic heterocycles. The van der Waals surface area contributed by atoms with Gasteiger partial charge in [0.2, 0.25) is 0 Å². The molecule has 0 aliphatic rings. The average Bonchev–Trinajstić information content (AvgIpc) is 2.15. The smallest absolute Gasteiger partial charge is 0.0291 e. The van der Waals surface area contributed by atoms with Gasteiger partial charge in [0.15, 0.2) is 0 Å². The van der Waals surface area contributed by atoms with Gasteiger partial charge < -0.3 is 5.32 Å². The van der Waals surface area contributed by atoms with E-state index >= 15 is 0 Å². The van der Waals surface area contributed by atoms with Crippen LogP contribution in [0.4, 0.5) is 0 Å². The first-order valence-electron chi connectivity index (χ1n) is 5.39. The maximum absolute atomic E-state index is 3.52. The molecule has 0 bridgehead atoms. The standard InChI is InChI=1S/C13H21N/c1-10(2)9-14-12(4)13-7-5-11(3)6-8-13/h5-8,10,12,14H,9H2,1-4H3/t12-/m0/s1. The van der Waals surface area contributed by atoms with Crippen LogP contribution in [0.2, 0.25) is 0 Å². The quantitative estimate of drug-likeness (QED) is 0.770. The molecule has 0 aliphatic heterocycles. The van der Waals surface area contributed by atoms with Crippen LogP contribution in [0.15, 0.2) is 24.3 Å². The Hall–Kier alpha value is -0.820. The van der Waals surface area contributed by atoms with Crippen LogP contribution in [0.3, 0.4) is 0 Å². The highest BCUT2D eigenvalue weighted by molar-refractivity contribution is 5.23. The normalized spacial score (nSPS) is 13.2. The molecule has 1 rings (SSSR count). The van der Waals surface area contributed by atoms with Gasteiger partial charge in [-0.15, -0.1) is 0 Å². The van der Waals surface area contributed by atoms with Gasteiger partial charge in [0.05, 0.1) is 0 Å². The highest BCUT2D eigenvalue weighted by Crippen LogP contribution is 2.13. The van der Waals surface area contributed by atoms with E-state index in [0.29, 0.717) is 12.0 Å². The number of benzene rings is 1. The summed E-state index contributed by atoms with van der Waals surface area (Å²) in [6, 6.07) is 9.20. The summed E-state index contributed by atoms with van der Waals surface area (Å²) in [5, 5.41) is 3.52. The lowest BCUT2D eigenvalue weighted by Gasteiger charge is -2.15. The molecule has 1 aromatic rings. The highest BCUT2D eigenvalue weighted by atomic mass is 14.9. The third kappa shape index (κ3) is 3.51. The van der Waals surface area contributed by atoms with Gasteiger partial charge in [0, 0.05) is 6.04 Å². The van der Waals surface area contributed by atoms with Crippen LogP contribution in [-0.2, 0) is 0 Å². The molecule has 0 saturated carbocycles. The molecule has 1 nitrogen and oxygen atoms in total. The summed E-state index contributed by atoms with van der Waals surface area (Å²) in [5.74, 6) is 0.711. The van der Waals surface area contributed by atoms with Gasteiger partial charge in [-0.3, -0.25) is 0 Å². The van der Waals surface area contributed by atoms with Crippen molar-refractivity contribution in [3.63, 3.8) is 0 Å². The van der Waals surface area contributed by atoms with Crippen LogP contribution in [0.5, 0.6) is 0 Å². The molecular weight excluding hydrogens is 170 g/mol. The molecule has 0 spiro atoms. The average molecular weight is 191 g/mol. The van der Waals surface area contributed by atoms with Crippen molar-refractivity contribution in [3.05, 3.63) is 35.4 Å². The van der Waals surface area contributed by atoms with E-state index in [9.17, 15) is 0 Å². The van der Waals surface area contributed by atoms with Crippen LogP contribution in [-0.4, -0.2) is 6.54 Å². The Kier molecular flexibility index (Phi) is 4.15. The zero-order valence-electron chi connectivity index (χ0n) is 9.67. The van der Waals surface area contributed by atoms with Gasteiger partial charge in [-0.1, -0.05) is 43.7 Å². The Labute approximate surface area is 87.5 Å². The zero-order chi connectivity index (χ0) is 10.6. The van der Waals surface area contributed by atoms with Crippen molar-refractivity contribution in [3.8, 4) is 0 Å². The molecule has 0 radical (unpaired) electrons. The van der Waals surface area contributed by atoms with Crippen molar-refractivity contribution in [2.75, 3.05) is 6.54 Å². The van der Waals surface area contributed by atoms with Crippen LogP contribution in [0.1, 0.15) is 37.9 Å². The van der Waals surface area contributed by atoms with E-state index < -0.39 is 0 Å². The van der Waals surface area contributed by atoms with E-state index in [0.717, 1.165) is 6.54 Å². The summed E-state index contributed by atoms with van der Waals surface area (Å²) in [6.07, 6.45) is 0. The van der Waals surface area contributed by atoms with Crippen molar-refractivity contribution < 1.29 is 0 Å². The molecule has 78 valence electrons. The van der Waals surface area contributed by atoms with E-state index in [2.05, 4.69) is 57.3 Å². The van der Waals surface area contributed by atoms with Crippen molar-refractivity contribution in [2.45, 2.75) is 33.7 Å². The van der Waals surface area contributed by atoms with Crippen molar-refractivity contribution in [1.82, 2.24) is 5.32 Å². The first kappa shape index (κ1) is 11.3. The summed E-state index contributed by atoms with van der Waals surface area (Å²) in [4.78, 5) is 0. The van der Waals surface area contributed by atoms with E-state index in [1.807, 2.05) is 0 Å². The molecule has 14 heavy (non-hydrogen) atoms. The first-order valence-corrected chi connectivity index (χ1v) is 5.39. The van der Waals surface area contributed by atoms with Gasteiger partial charge in [-0.2, -0.15) is 0 Å². The molecular formula is C13H21N. The molecule has 1 heteroatoms. The predicted octanol–water partition coefficient (Wildman–Crippen LogP) is 3.30. The maximum Gasteiger partial charge on any atom is 0.0291 e. The Morgan fingerprint density at radius 3 is 2.14 bits per heavy atom. The fourth-order valence-electron chi connectivity index (χ4n) is 1.39. The van der Waals surface area contributed by atoms with Gasteiger partial charge in [-0.25, -0.2) is 0 Å². The van der Waals surface area contributed by atoms with Crippen molar-refractivity contribution >= 4 is 0 Å². The molecule has 0 heterocycles. The third-order valence-electron chi connectivity index (χ3n) is 2.41. The van der Waals surface area contributed by atoms with Gasteiger partial charge >= 0.3 is 0 Å². The van der Waals surface area contributed by atoms with Crippen LogP contribution < -0.4 is 5.32 Å². The predicted molar refractivity (Wildman–Crippen MR) is 62.4 cm³/mol. The molecule has 1 aromatic carbocycles. The SMILES string of the molecule is Cc1ccc([C@H](C)NCC(C)C)cc1. The Morgan fingerprint density at radius 1 is 1.07 bits per heavy atom. The lowest BCUT2D eigenvalue weighted by atomic mass is 10.1. The van der Waals surface area contributed by atoms with E-state index in [1.54, 1.807) is 0 Å². The first-order chi connectivity index (χ1) is 6.59. The largest absolute Gasteiger partial charge is 0.310 e. The highest BCUT2D eigenvalue weighted by Gasteiger charge is 2.04. The number of hydrogen-bond acceptors (Lipinski definition) is 1. The van der Waals surface area contributed by atoms with Gasteiger partial charge in [-0.05, 0) is 31.9 Å². The second kappa shape index (κ2) is 5.16. The Bertz CT molecular complexity index is 261. The number of nitrogens with one attached hydrogen (secondary N) is 1. The molecule has 0 unspecified atom stereocenters. The number of rotatable bonds is 4. The monoisotopic (exact) mass is 191 g/mol. The lowest BCUT2D eigenvalue weighted by molar-refractivity contribution is 0.496. The second-order valence-corrected chi connectivity index (χ2v) is 4.43. The Morgan fingerprint density at radius 2 is 1.64 bits per heavy atom. The van der Waals surface area contributed by atoms with Crippen molar-refractivity contribution in [1.29, 1.82) is 0 Å². The summed E-state index contributed by atoms with van der Waals surface area (Å²) >= 11 is 0. The molecule has 1 N–H and O–H groups in total. The molecule has 1 atom stereocenters. The van der Waals surface area contributed by atoms with Crippen LogP contribution >= 0.6 is 0 Å². The molecule has 0 saturated heterocycles. The third-order valence-corrected chi connectivity index (χ3v) is 2.41. The van der Waals surface area contributed by atoms with Gasteiger partial charge in [0.25, 0.3) is 0 Å². The summed E-state index contributed by atoms with van der Waals surface area (Å²) in [5.41, 5.74) is 2.70. The summed E-state index contributed by atoms with van der Waals surface area (Å²) in [6.45, 7) is 9.88. The van der Waals surface area contributed by atoms with Gasteiger partial charge in [0.1, 0.15) is 0 Å². The fourth-order valence-corrected chi connectivity index (χ4v) is 1.39. The maximum atomic E-state index is 3.52. The van der Waals surface area contributed by atoms with Crippen LogP contribution in [0, 0.1) is 12.8 Å². The minimum atomic E-state index is 0.456. The molecule has 0 fully saturated rings. The van der Waals surface area contributed by atoms with E-state index in [1.165, 1.54) is 11.1 Å². The second-order valence-electron chi connectivity index (χ2n) is 4.43. The molecule has 0 amide bonds. The summed E-state index contributed by atoms with van der Waals surface area (Å²) in [7, 11) is 0. The zero-order valence-corrected chi connectivity index (χ0v) is 9.67. The number of aryl methyl sites for hydroxylation is 1. The lowest BCUT2D eigenvalue weighted by Crippen LogP contribution is -2.23.